The number of aromatic nitrogens is 2. The molecule has 2 aromatic carbocycles. The summed E-state index contributed by atoms with van der Waals surface area (Å²) in [6.07, 6.45) is 1.31. The van der Waals surface area contributed by atoms with Gasteiger partial charge < -0.3 is 14.8 Å². The highest BCUT2D eigenvalue weighted by Gasteiger charge is 2.17. The van der Waals surface area contributed by atoms with E-state index in [0.717, 1.165) is 6.07 Å². The molecule has 1 N–H and O–H groups in total. The molecule has 0 fully saturated rings. The number of sulfone groups is 1. The Bertz CT molecular complexity index is 1100. The van der Waals surface area contributed by atoms with E-state index < -0.39 is 15.7 Å². The predicted molar refractivity (Wildman–Crippen MR) is 100 cm³/mol. The van der Waals surface area contributed by atoms with E-state index in [1.54, 1.807) is 12.1 Å². The molecule has 0 bridgehead atoms. The molecule has 142 valence electrons. The lowest BCUT2D eigenvalue weighted by Crippen LogP contribution is -2.06. The highest BCUT2D eigenvalue weighted by Crippen LogP contribution is 2.35. The number of hydrogen-bond donors (Lipinski definition) is 1. The van der Waals surface area contributed by atoms with Gasteiger partial charge in [-0.3, -0.25) is 0 Å². The first-order valence-electron chi connectivity index (χ1n) is 8.05. The average molecular weight is 391 g/mol. The van der Waals surface area contributed by atoms with Crippen LogP contribution in [0.25, 0.3) is 10.9 Å². The molecule has 0 spiro atoms. The number of methoxy groups -OCH3 is 2. The molecule has 0 atom stereocenters. The summed E-state index contributed by atoms with van der Waals surface area (Å²) in [4.78, 5) is 8.38. The van der Waals surface area contributed by atoms with Crippen LogP contribution in [0.1, 0.15) is 6.92 Å². The molecule has 1 aromatic heterocycles. The lowest BCUT2D eigenvalue weighted by atomic mass is 10.2. The molecule has 27 heavy (non-hydrogen) atoms. The van der Waals surface area contributed by atoms with Crippen molar-refractivity contribution in [3.8, 4) is 11.5 Å². The van der Waals surface area contributed by atoms with Gasteiger partial charge in [0, 0.05) is 12.1 Å². The molecule has 9 heteroatoms. The summed E-state index contributed by atoms with van der Waals surface area (Å²) >= 11 is 0. The number of anilines is 2. The zero-order valence-corrected chi connectivity index (χ0v) is 15.8. The fourth-order valence-corrected chi connectivity index (χ4v) is 3.50. The van der Waals surface area contributed by atoms with Gasteiger partial charge in [-0.2, -0.15) is 0 Å². The number of fused-ring (bicyclic) bond motifs is 1. The number of nitrogens with zero attached hydrogens (tertiary/aromatic N) is 2. The van der Waals surface area contributed by atoms with Crippen molar-refractivity contribution in [3.63, 3.8) is 0 Å². The van der Waals surface area contributed by atoms with Gasteiger partial charge in [-0.25, -0.2) is 22.8 Å². The van der Waals surface area contributed by atoms with E-state index in [1.807, 2.05) is 0 Å². The number of nitrogens with one attached hydrogen (secondary N) is 1. The number of rotatable bonds is 6. The molecular formula is C18H18FN3O4S. The summed E-state index contributed by atoms with van der Waals surface area (Å²) < 4.78 is 49.1. The Morgan fingerprint density at radius 3 is 2.56 bits per heavy atom. The third-order valence-electron chi connectivity index (χ3n) is 4.06. The second-order valence-electron chi connectivity index (χ2n) is 5.62. The van der Waals surface area contributed by atoms with E-state index in [9.17, 15) is 12.8 Å². The molecule has 0 amide bonds. The van der Waals surface area contributed by atoms with Gasteiger partial charge >= 0.3 is 0 Å². The number of halogens is 1. The number of benzene rings is 2. The van der Waals surface area contributed by atoms with Crippen molar-refractivity contribution in [2.24, 2.45) is 0 Å². The second kappa shape index (κ2) is 7.36. The van der Waals surface area contributed by atoms with E-state index >= 15 is 0 Å². The standard InChI is InChI=1S/C18H18FN3O4S/c1-4-27(23,24)12-5-6-13(19)14(9-12)22-18-17-15(20-10-21-18)7-11(25-2)8-16(17)26-3/h5-10H,4H2,1-3H3,(H,20,21,22). The van der Waals surface area contributed by atoms with Crippen LogP contribution in [0.2, 0.25) is 0 Å². The van der Waals surface area contributed by atoms with Gasteiger partial charge in [0.15, 0.2) is 9.84 Å². The smallest absolute Gasteiger partial charge is 0.178 e. The van der Waals surface area contributed by atoms with Crippen LogP contribution in [0.5, 0.6) is 11.5 Å². The molecule has 0 aliphatic rings. The van der Waals surface area contributed by atoms with Gasteiger partial charge in [0.25, 0.3) is 0 Å². The lowest BCUT2D eigenvalue weighted by Gasteiger charge is -2.14. The Morgan fingerprint density at radius 2 is 1.89 bits per heavy atom. The Labute approximate surface area is 156 Å². The monoisotopic (exact) mass is 391 g/mol. The SMILES string of the molecule is CCS(=O)(=O)c1ccc(F)c(Nc2ncnc3cc(OC)cc(OC)c23)c1. The Kier molecular flexibility index (Phi) is 5.13. The first-order valence-corrected chi connectivity index (χ1v) is 9.71. The summed E-state index contributed by atoms with van der Waals surface area (Å²) in [6.45, 7) is 1.53. The van der Waals surface area contributed by atoms with Gasteiger partial charge in [-0.05, 0) is 18.2 Å². The van der Waals surface area contributed by atoms with E-state index in [0.29, 0.717) is 22.4 Å². The minimum atomic E-state index is -3.47. The van der Waals surface area contributed by atoms with Gasteiger partial charge in [0.05, 0.1) is 41.5 Å². The highest BCUT2D eigenvalue weighted by molar-refractivity contribution is 7.91. The Morgan fingerprint density at radius 1 is 1.11 bits per heavy atom. The second-order valence-corrected chi connectivity index (χ2v) is 7.89. The van der Waals surface area contributed by atoms with E-state index in [2.05, 4.69) is 15.3 Å². The molecule has 3 aromatic rings. The molecular weight excluding hydrogens is 373 g/mol. The fraction of sp³-hybridized carbons (Fsp3) is 0.222. The van der Waals surface area contributed by atoms with Crippen LogP contribution in [0.4, 0.5) is 15.9 Å². The molecule has 0 saturated heterocycles. The quantitative estimate of drug-likeness (QED) is 0.645. The fourth-order valence-electron chi connectivity index (χ4n) is 2.59. The van der Waals surface area contributed by atoms with Crippen LogP contribution in [-0.2, 0) is 9.84 Å². The normalized spacial score (nSPS) is 11.4. The Hall–Kier alpha value is -2.94. The highest BCUT2D eigenvalue weighted by atomic mass is 32.2. The molecule has 0 saturated carbocycles. The minimum absolute atomic E-state index is 0.0117. The molecule has 0 radical (unpaired) electrons. The molecule has 0 unspecified atom stereocenters. The van der Waals surface area contributed by atoms with Crippen molar-refractivity contribution < 1.29 is 22.3 Å². The van der Waals surface area contributed by atoms with Crippen LogP contribution in [0, 0.1) is 5.82 Å². The maximum Gasteiger partial charge on any atom is 0.178 e. The Balaban J connectivity index is 2.14. The third kappa shape index (κ3) is 3.63. The largest absolute Gasteiger partial charge is 0.497 e. The van der Waals surface area contributed by atoms with Crippen LogP contribution >= 0.6 is 0 Å². The van der Waals surface area contributed by atoms with Gasteiger partial charge in [-0.15, -0.1) is 0 Å². The van der Waals surface area contributed by atoms with Crippen molar-refractivity contribution in [2.45, 2.75) is 11.8 Å². The van der Waals surface area contributed by atoms with E-state index in [1.165, 1.54) is 39.6 Å². The van der Waals surface area contributed by atoms with Crippen LogP contribution in [0.15, 0.2) is 41.6 Å². The predicted octanol–water partition coefficient (Wildman–Crippen LogP) is 3.32. The molecule has 0 aliphatic carbocycles. The zero-order chi connectivity index (χ0) is 19.6. The molecule has 0 aliphatic heterocycles. The first kappa shape index (κ1) is 18.8. The number of ether oxygens (including phenoxy) is 2. The summed E-state index contributed by atoms with van der Waals surface area (Å²) in [5, 5.41) is 3.37. The topological polar surface area (TPSA) is 90.4 Å². The molecule has 1 heterocycles. The van der Waals surface area contributed by atoms with Crippen molar-refractivity contribution in [1.82, 2.24) is 9.97 Å². The van der Waals surface area contributed by atoms with Crippen molar-refractivity contribution in [1.29, 1.82) is 0 Å². The number of hydrogen-bond acceptors (Lipinski definition) is 7. The lowest BCUT2D eigenvalue weighted by molar-refractivity contribution is 0.398. The summed E-state index contributed by atoms with van der Waals surface area (Å²) in [5.41, 5.74) is 0.517. The molecule has 3 rings (SSSR count). The van der Waals surface area contributed by atoms with E-state index in [-0.39, 0.29) is 22.2 Å². The van der Waals surface area contributed by atoms with E-state index in [4.69, 9.17) is 9.47 Å². The maximum atomic E-state index is 14.3. The van der Waals surface area contributed by atoms with Crippen LogP contribution < -0.4 is 14.8 Å². The third-order valence-corrected chi connectivity index (χ3v) is 5.79. The summed E-state index contributed by atoms with van der Waals surface area (Å²) in [6, 6.07) is 6.94. The van der Waals surface area contributed by atoms with Crippen molar-refractivity contribution >= 4 is 32.2 Å². The van der Waals surface area contributed by atoms with Crippen LogP contribution in [0.3, 0.4) is 0 Å². The van der Waals surface area contributed by atoms with Crippen LogP contribution in [-0.4, -0.2) is 38.4 Å². The minimum Gasteiger partial charge on any atom is -0.497 e. The van der Waals surface area contributed by atoms with Crippen molar-refractivity contribution in [3.05, 3.63) is 42.5 Å². The van der Waals surface area contributed by atoms with Gasteiger partial charge in [0.1, 0.15) is 29.5 Å². The van der Waals surface area contributed by atoms with Gasteiger partial charge in [-0.1, -0.05) is 6.92 Å². The average Bonchev–Trinajstić information content (AvgIpc) is 2.68. The zero-order valence-electron chi connectivity index (χ0n) is 15.0. The van der Waals surface area contributed by atoms with Crippen molar-refractivity contribution in [2.75, 3.05) is 25.3 Å². The summed E-state index contributed by atoms with van der Waals surface area (Å²) in [5.74, 6) is 0.576. The summed E-state index contributed by atoms with van der Waals surface area (Å²) in [7, 11) is -0.465. The molecule has 7 nitrogen and oxygen atoms in total. The van der Waals surface area contributed by atoms with Gasteiger partial charge in [0.2, 0.25) is 0 Å². The first-order chi connectivity index (χ1) is 12.9. The maximum absolute atomic E-state index is 14.3.